The van der Waals surface area contributed by atoms with E-state index in [0.29, 0.717) is 25.9 Å². The first kappa shape index (κ1) is 20.7. The van der Waals surface area contributed by atoms with Gasteiger partial charge in [0.15, 0.2) is 0 Å². The van der Waals surface area contributed by atoms with Gasteiger partial charge >= 0.3 is 0 Å². The zero-order valence-corrected chi connectivity index (χ0v) is 16.6. The predicted octanol–water partition coefficient (Wildman–Crippen LogP) is 3.87. The van der Waals surface area contributed by atoms with Crippen molar-refractivity contribution in [2.75, 3.05) is 6.54 Å². The molecule has 1 unspecified atom stereocenters. The fraction of sp³-hybridized carbons (Fsp3) is 0.391. The van der Waals surface area contributed by atoms with Gasteiger partial charge in [-0.3, -0.25) is 9.59 Å². The molecule has 0 saturated heterocycles. The van der Waals surface area contributed by atoms with E-state index in [4.69, 9.17) is 0 Å². The highest BCUT2D eigenvalue weighted by molar-refractivity contribution is 5.87. The molecule has 2 rings (SSSR count). The normalized spacial score (nSPS) is 11.7. The summed E-state index contributed by atoms with van der Waals surface area (Å²) in [5.41, 5.74) is 3.24. The molecule has 0 heterocycles. The number of aryl methyl sites for hydroxylation is 1. The van der Waals surface area contributed by atoms with Crippen molar-refractivity contribution in [3.63, 3.8) is 0 Å². The van der Waals surface area contributed by atoms with Crippen LogP contribution in [-0.2, 0) is 22.6 Å². The van der Waals surface area contributed by atoms with Crippen molar-refractivity contribution in [2.24, 2.45) is 0 Å². The smallest absolute Gasteiger partial charge is 0.243 e. The van der Waals surface area contributed by atoms with Gasteiger partial charge in [-0.05, 0) is 30.0 Å². The lowest BCUT2D eigenvalue weighted by atomic mass is 10.0. The first-order valence-corrected chi connectivity index (χ1v) is 9.72. The van der Waals surface area contributed by atoms with Gasteiger partial charge in [-0.15, -0.1) is 0 Å². The number of nitrogens with one attached hydrogen (secondary N) is 1. The maximum absolute atomic E-state index is 12.9. The molecule has 4 nitrogen and oxygen atoms in total. The van der Waals surface area contributed by atoms with Gasteiger partial charge in [0.2, 0.25) is 11.8 Å². The Balaban J connectivity index is 2.34. The molecule has 144 valence electrons. The molecule has 0 radical (unpaired) electrons. The summed E-state index contributed by atoms with van der Waals surface area (Å²) >= 11 is 0. The molecular weight excluding hydrogens is 336 g/mol. The van der Waals surface area contributed by atoms with Gasteiger partial charge in [-0.25, -0.2) is 0 Å². The maximum Gasteiger partial charge on any atom is 0.243 e. The quantitative estimate of drug-likeness (QED) is 0.732. The molecule has 0 aliphatic heterocycles. The molecule has 0 aliphatic carbocycles. The van der Waals surface area contributed by atoms with Crippen molar-refractivity contribution < 1.29 is 9.59 Å². The van der Waals surface area contributed by atoms with Gasteiger partial charge in [-0.2, -0.15) is 0 Å². The summed E-state index contributed by atoms with van der Waals surface area (Å²) in [6, 6.07) is 17.4. The monoisotopic (exact) mass is 366 g/mol. The number of hydrogen-bond acceptors (Lipinski definition) is 2. The highest BCUT2D eigenvalue weighted by Gasteiger charge is 2.29. The third kappa shape index (κ3) is 5.95. The lowest BCUT2D eigenvalue weighted by Crippen LogP contribution is -2.50. The second-order valence-electron chi connectivity index (χ2n) is 6.80. The van der Waals surface area contributed by atoms with E-state index in [2.05, 4.69) is 5.32 Å². The third-order valence-electron chi connectivity index (χ3n) is 4.72. The van der Waals surface area contributed by atoms with Crippen molar-refractivity contribution in [1.29, 1.82) is 0 Å². The summed E-state index contributed by atoms with van der Waals surface area (Å²) in [6.07, 6.45) is 1.75. The van der Waals surface area contributed by atoms with Crippen LogP contribution in [0.2, 0.25) is 0 Å². The summed E-state index contributed by atoms with van der Waals surface area (Å²) in [5, 5.41) is 2.98. The minimum Gasteiger partial charge on any atom is -0.354 e. The van der Waals surface area contributed by atoms with Gasteiger partial charge in [0.05, 0.1) is 0 Å². The molecule has 0 spiro atoms. The van der Waals surface area contributed by atoms with E-state index in [1.165, 1.54) is 0 Å². The maximum atomic E-state index is 12.9. The molecule has 1 atom stereocenters. The predicted molar refractivity (Wildman–Crippen MR) is 109 cm³/mol. The molecule has 2 amide bonds. The lowest BCUT2D eigenvalue weighted by molar-refractivity contribution is -0.141. The average molecular weight is 367 g/mol. The number of benzene rings is 2. The molecule has 0 bridgehead atoms. The summed E-state index contributed by atoms with van der Waals surface area (Å²) in [5.74, 6) is -0.0954. The molecule has 2 aromatic rings. The largest absolute Gasteiger partial charge is 0.354 e. The van der Waals surface area contributed by atoms with E-state index in [1.807, 2.05) is 75.4 Å². The van der Waals surface area contributed by atoms with Crippen molar-refractivity contribution in [1.82, 2.24) is 10.2 Å². The van der Waals surface area contributed by atoms with Crippen LogP contribution >= 0.6 is 0 Å². The second kappa shape index (κ2) is 10.5. The Morgan fingerprint density at radius 3 is 2.30 bits per heavy atom. The van der Waals surface area contributed by atoms with Crippen LogP contribution in [-0.4, -0.2) is 29.3 Å². The zero-order chi connectivity index (χ0) is 19.6. The molecule has 0 aliphatic rings. The van der Waals surface area contributed by atoms with Crippen molar-refractivity contribution in [3.8, 4) is 0 Å². The first-order valence-electron chi connectivity index (χ1n) is 9.72. The Hall–Kier alpha value is -2.62. The van der Waals surface area contributed by atoms with Crippen LogP contribution < -0.4 is 5.32 Å². The van der Waals surface area contributed by atoms with Gasteiger partial charge in [0.1, 0.15) is 6.04 Å². The first-order chi connectivity index (χ1) is 13.1. The zero-order valence-electron chi connectivity index (χ0n) is 16.6. The highest BCUT2D eigenvalue weighted by Crippen LogP contribution is 2.17. The molecule has 1 N–H and O–H groups in total. The Labute approximate surface area is 162 Å². The van der Waals surface area contributed by atoms with E-state index in [1.54, 1.807) is 4.90 Å². The third-order valence-corrected chi connectivity index (χ3v) is 4.72. The topological polar surface area (TPSA) is 49.4 Å². The minimum atomic E-state index is -0.522. The molecule has 4 heteroatoms. The highest BCUT2D eigenvalue weighted by atomic mass is 16.2. The van der Waals surface area contributed by atoms with E-state index < -0.39 is 6.04 Å². The number of rotatable bonds is 9. The van der Waals surface area contributed by atoms with Gasteiger partial charge in [-0.1, -0.05) is 68.4 Å². The fourth-order valence-corrected chi connectivity index (χ4v) is 3.09. The van der Waals surface area contributed by atoms with Crippen LogP contribution in [0.1, 0.15) is 43.4 Å². The van der Waals surface area contributed by atoms with E-state index >= 15 is 0 Å². The van der Waals surface area contributed by atoms with Crippen LogP contribution in [0.4, 0.5) is 0 Å². The van der Waals surface area contributed by atoms with Crippen molar-refractivity contribution >= 4 is 11.8 Å². The fourth-order valence-electron chi connectivity index (χ4n) is 3.09. The van der Waals surface area contributed by atoms with Crippen LogP contribution in [0, 0.1) is 6.92 Å². The van der Waals surface area contributed by atoms with Gasteiger partial charge < -0.3 is 10.2 Å². The second-order valence-corrected chi connectivity index (χ2v) is 6.80. The SMILES string of the molecule is CCCNC(=O)C(Cc1ccccc1)N(Cc1ccccc1C)C(=O)CC. The van der Waals surface area contributed by atoms with E-state index in [9.17, 15) is 9.59 Å². The molecule has 2 aromatic carbocycles. The lowest BCUT2D eigenvalue weighted by Gasteiger charge is -2.31. The van der Waals surface area contributed by atoms with Crippen LogP contribution in [0.5, 0.6) is 0 Å². The van der Waals surface area contributed by atoms with E-state index in [-0.39, 0.29) is 11.8 Å². The Morgan fingerprint density at radius 2 is 1.67 bits per heavy atom. The summed E-state index contributed by atoms with van der Waals surface area (Å²) in [7, 11) is 0. The molecule has 0 aromatic heterocycles. The number of carbonyl (C=O) groups is 2. The van der Waals surface area contributed by atoms with Crippen molar-refractivity contribution in [3.05, 3.63) is 71.3 Å². The minimum absolute atomic E-state index is 0.00849. The van der Waals surface area contributed by atoms with Gasteiger partial charge in [0.25, 0.3) is 0 Å². The number of nitrogens with zero attached hydrogens (tertiary/aromatic N) is 1. The number of hydrogen-bond donors (Lipinski definition) is 1. The Bertz CT molecular complexity index is 743. The standard InChI is InChI=1S/C23H30N2O2/c1-4-15-24-23(27)21(16-19-12-7-6-8-13-19)25(22(26)5-2)17-20-14-10-9-11-18(20)3/h6-14,21H,4-5,15-17H2,1-3H3,(H,24,27). The molecule has 0 saturated carbocycles. The van der Waals surface area contributed by atoms with Crippen LogP contribution in [0.25, 0.3) is 0 Å². The van der Waals surface area contributed by atoms with Crippen LogP contribution in [0.15, 0.2) is 54.6 Å². The number of carbonyl (C=O) groups excluding carboxylic acids is 2. The Kier molecular flexibility index (Phi) is 8.05. The average Bonchev–Trinajstić information content (AvgIpc) is 2.70. The summed E-state index contributed by atoms with van der Waals surface area (Å²) < 4.78 is 0. The van der Waals surface area contributed by atoms with Gasteiger partial charge in [0, 0.05) is 25.9 Å². The summed E-state index contributed by atoms with van der Waals surface area (Å²) in [4.78, 5) is 27.5. The molecule has 0 fully saturated rings. The van der Waals surface area contributed by atoms with Crippen LogP contribution in [0.3, 0.4) is 0 Å². The summed E-state index contributed by atoms with van der Waals surface area (Å²) in [6.45, 7) is 6.96. The van der Waals surface area contributed by atoms with Crippen molar-refractivity contribution in [2.45, 2.75) is 52.6 Å². The number of amides is 2. The van der Waals surface area contributed by atoms with E-state index in [0.717, 1.165) is 23.1 Å². The Morgan fingerprint density at radius 1 is 1.00 bits per heavy atom. The molecule has 27 heavy (non-hydrogen) atoms. The molecular formula is C23H30N2O2.